The summed E-state index contributed by atoms with van der Waals surface area (Å²) >= 11 is 0. The van der Waals surface area contributed by atoms with Crippen molar-refractivity contribution in [2.75, 3.05) is 0 Å². The van der Waals surface area contributed by atoms with Gasteiger partial charge in [0, 0.05) is 23.0 Å². The summed E-state index contributed by atoms with van der Waals surface area (Å²) in [5, 5.41) is 10.0. The lowest BCUT2D eigenvalue weighted by molar-refractivity contribution is -0.137. The minimum atomic E-state index is -0.936. The standard InChI is InChI=1S/C24H20FNO3/c1-16-20(21-14-18(25)11-12-22(21)26(16)15-24(27)28)13-17-7-5-6-10-23(17)29-19-8-3-2-4-9-19/h2-12,14H,13,15H2,1H3,(H,27,28). The van der Waals surface area contributed by atoms with Crippen molar-refractivity contribution in [3.8, 4) is 11.5 Å². The van der Waals surface area contributed by atoms with Gasteiger partial charge in [0.25, 0.3) is 0 Å². The molecule has 4 nitrogen and oxygen atoms in total. The molecular formula is C24H20FNO3. The molecule has 5 heteroatoms. The molecule has 0 bridgehead atoms. The highest BCUT2D eigenvalue weighted by atomic mass is 19.1. The second kappa shape index (κ2) is 7.80. The van der Waals surface area contributed by atoms with E-state index in [4.69, 9.17) is 4.74 Å². The van der Waals surface area contributed by atoms with Crippen LogP contribution < -0.4 is 4.74 Å². The number of fused-ring (bicyclic) bond motifs is 1. The molecule has 1 heterocycles. The Hall–Kier alpha value is -3.60. The molecule has 0 saturated heterocycles. The quantitative estimate of drug-likeness (QED) is 0.470. The van der Waals surface area contributed by atoms with Crippen LogP contribution in [-0.2, 0) is 17.8 Å². The molecule has 29 heavy (non-hydrogen) atoms. The fraction of sp³-hybridized carbons (Fsp3) is 0.125. The van der Waals surface area contributed by atoms with Crippen LogP contribution in [0.4, 0.5) is 4.39 Å². The molecule has 4 rings (SSSR count). The maximum absolute atomic E-state index is 14.0. The Bertz CT molecular complexity index is 1180. The van der Waals surface area contributed by atoms with Crippen molar-refractivity contribution >= 4 is 16.9 Å². The van der Waals surface area contributed by atoms with E-state index in [0.29, 0.717) is 17.7 Å². The van der Waals surface area contributed by atoms with Gasteiger partial charge in [0.15, 0.2) is 0 Å². The van der Waals surface area contributed by atoms with E-state index in [1.807, 2.05) is 61.5 Å². The van der Waals surface area contributed by atoms with Gasteiger partial charge >= 0.3 is 5.97 Å². The number of carbonyl (C=O) groups is 1. The molecule has 0 aliphatic rings. The molecule has 0 fully saturated rings. The Morgan fingerprint density at radius 3 is 2.52 bits per heavy atom. The molecule has 0 amide bonds. The third-order valence-corrected chi connectivity index (χ3v) is 5.02. The second-order valence-corrected chi connectivity index (χ2v) is 6.90. The van der Waals surface area contributed by atoms with Crippen LogP contribution in [0.15, 0.2) is 72.8 Å². The number of benzene rings is 3. The number of ether oxygens (including phenoxy) is 1. The highest BCUT2D eigenvalue weighted by Crippen LogP contribution is 2.32. The van der Waals surface area contributed by atoms with Gasteiger partial charge in [-0.05, 0) is 54.4 Å². The molecule has 3 aromatic carbocycles. The maximum Gasteiger partial charge on any atom is 0.323 e. The topological polar surface area (TPSA) is 51.5 Å². The van der Waals surface area contributed by atoms with Crippen LogP contribution in [0.5, 0.6) is 11.5 Å². The first-order chi connectivity index (χ1) is 14.0. The number of carboxylic acids is 1. The van der Waals surface area contributed by atoms with Gasteiger partial charge in [-0.2, -0.15) is 0 Å². The van der Waals surface area contributed by atoms with Gasteiger partial charge in [-0.1, -0.05) is 36.4 Å². The van der Waals surface area contributed by atoms with E-state index in [2.05, 4.69) is 0 Å². The predicted molar refractivity (Wildman–Crippen MR) is 110 cm³/mol. The number of aromatic nitrogens is 1. The molecule has 0 saturated carbocycles. The number of carboxylic acid groups (broad SMARTS) is 1. The minimum Gasteiger partial charge on any atom is -0.480 e. The van der Waals surface area contributed by atoms with Crippen LogP contribution in [0.25, 0.3) is 10.9 Å². The molecule has 0 radical (unpaired) electrons. The van der Waals surface area contributed by atoms with Crippen molar-refractivity contribution in [3.63, 3.8) is 0 Å². The lowest BCUT2D eigenvalue weighted by atomic mass is 10.0. The zero-order chi connectivity index (χ0) is 20.4. The third kappa shape index (κ3) is 3.85. The van der Waals surface area contributed by atoms with Crippen LogP contribution >= 0.6 is 0 Å². The molecule has 0 atom stereocenters. The normalized spacial score (nSPS) is 11.0. The van der Waals surface area contributed by atoms with Crippen molar-refractivity contribution in [2.24, 2.45) is 0 Å². The minimum absolute atomic E-state index is 0.171. The summed E-state index contributed by atoms with van der Waals surface area (Å²) < 4.78 is 21.7. The van der Waals surface area contributed by atoms with E-state index in [0.717, 1.165) is 28.0 Å². The van der Waals surface area contributed by atoms with E-state index in [9.17, 15) is 14.3 Å². The van der Waals surface area contributed by atoms with Crippen molar-refractivity contribution in [1.82, 2.24) is 4.57 Å². The molecule has 0 spiro atoms. The van der Waals surface area contributed by atoms with E-state index in [1.165, 1.54) is 12.1 Å². The van der Waals surface area contributed by atoms with E-state index < -0.39 is 5.97 Å². The SMILES string of the molecule is Cc1c(Cc2ccccc2Oc2ccccc2)c2cc(F)ccc2n1CC(=O)O. The predicted octanol–water partition coefficient (Wildman–Crippen LogP) is 5.56. The van der Waals surface area contributed by atoms with Gasteiger partial charge in [-0.25, -0.2) is 4.39 Å². The number of halogens is 1. The van der Waals surface area contributed by atoms with Crippen molar-refractivity contribution in [3.05, 3.63) is 95.4 Å². The first-order valence-corrected chi connectivity index (χ1v) is 9.33. The third-order valence-electron chi connectivity index (χ3n) is 5.02. The first-order valence-electron chi connectivity index (χ1n) is 9.33. The van der Waals surface area contributed by atoms with E-state index in [1.54, 1.807) is 10.6 Å². The van der Waals surface area contributed by atoms with Crippen LogP contribution in [0.1, 0.15) is 16.8 Å². The van der Waals surface area contributed by atoms with Crippen LogP contribution in [0.2, 0.25) is 0 Å². The van der Waals surface area contributed by atoms with Crippen LogP contribution in [-0.4, -0.2) is 15.6 Å². The Balaban J connectivity index is 1.78. The zero-order valence-electron chi connectivity index (χ0n) is 15.9. The lowest BCUT2D eigenvalue weighted by Crippen LogP contribution is -2.10. The van der Waals surface area contributed by atoms with Crippen LogP contribution in [0.3, 0.4) is 0 Å². The van der Waals surface area contributed by atoms with Gasteiger partial charge in [-0.15, -0.1) is 0 Å². The molecule has 1 N–H and O–H groups in total. The van der Waals surface area contributed by atoms with Gasteiger partial charge in [0.2, 0.25) is 0 Å². The summed E-state index contributed by atoms with van der Waals surface area (Å²) in [5.74, 6) is 0.165. The van der Waals surface area contributed by atoms with Crippen molar-refractivity contribution < 1.29 is 19.0 Å². The molecule has 4 aromatic rings. The zero-order valence-corrected chi connectivity index (χ0v) is 15.9. The van der Waals surface area contributed by atoms with E-state index >= 15 is 0 Å². The average Bonchev–Trinajstić information content (AvgIpc) is 2.95. The maximum atomic E-state index is 14.0. The monoisotopic (exact) mass is 389 g/mol. The van der Waals surface area contributed by atoms with Gasteiger partial charge < -0.3 is 14.4 Å². The van der Waals surface area contributed by atoms with Crippen LogP contribution in [0, 0.1) is 12.7 Å². The Morgan fingerprint density at radius 2 is 1.76 bits per heavy atom. The van der Waals surface area contributed by atoms with Crippen molar-refractivity contribution in [2.45, 2.75) is 19.9 Å². The molecule has 0 unspecified atom stereocenters. The number of para-hydroxylation sites is 2. The van der Waals surface area contributed by atoms with Crippen molar-refractivity contribution in [1.29, 1.82) is 0 Å². The first kappa shape index (κ1) is 18.7. The number of hydrogen-bond acceptors (Lipinski definition) is 2. The number of hydrogen-bond donors (Lipinski definition) is 1. The number of nitrogens with zero attached hydrogens (tertiary/aromatic N) is 1. The molecule has 146 valence electrons. The summed E-state index contributed by atoms with van der Waals surface area (Å²) in [7, 11) is 0. The van der Waals surface area contributed by atoms with Gasteiger partial charge in [0.05, 0.1) is 0 Å². The largest absolute Gasteiger partial charge is 0.480 e. The Kier molecular flexibility index (Phi) is 5.04. The van der Waals surface area contributed by atoms with E-state index in [-0.39, 0.29) is 12.4 Å². The second-order valence-electron chi connectivity index (χ2n) is 6.90. The summed E-state index contributed by atoms with van der Waals surface area (Å²) in [6, 6.07) is 21.7. The number of rotatable bonds is 6. The molecule has 0 aliphatic carbocycles. The highest BCUT2D eigenvalue weighted by molar-refractivity contribution is 5.87. The molecule has 1 aromatic heterocycles. The average molecular weight is 389 g/mol. The number of aliphatic carboxylic acids is 1. The summed E-state index contributed by atoms with van der Waals surface area (Å²) in [5.41, 5.74) is 3.35. The summed E-state index contributed by atoms with van der Waals surface area (Å²) in [4.78, 5) is 11.3. The van der Waals surface area contributed by atoms with Gasteiger partial charge in [-0.3, -0.25) is 4.79 Å². The lowest BCUT2D eigenvalue weighted by Gasteiger charge is -2.12. The Labute approximate surface area is 167 Å². The fourth-order valence-electron chi connectivity index (χ4n) is 3.64. The summed E-state index contributed by atoms with van der Waals surface area (Å²) in [6.45, 7) is 1.70. The highest BCUT2D eigenvalue weighted by Gasteiger charge is 2.18. The van der Waals surface area contributed by atoms with Gasteiger partial charge in [0.1, 0.15) is 23.9 Å². The molecular weight excluding hydrogens is 369 g/mol. The fourth-order valence-corrected chi connectivity index (χ4v) is 3.64. The molecule has 0 aliphatic heterocycles. The Morgan fingerprint density at radius 1 is 1.03 bits per heavy atom. The smallest absolute Gasteiger partial charge is 0.323 e. The summed E-state index contributed by atoms with van der Waals surface area (Å²) in [6.07, 6.45) is 0.501.